The molecule has 0 aliphatic carbocycles. The number of hydrogen-bond acceptors (Lipinski definition) is 2. The highest BCUT2D eigenvalue weighted by Gasteiger charge is 2.10. The Morgan fingerprint density at radius 1 is 1.50 bits per heavy atom. The maximum absolute atomic E-state index is 13.3. The molecule has 2 N–H and O–H groups in total. The van der Waals surface area contributed by atoms with Gasteiger partial charge in [0.05, 0.1) is 6.61 Å². The Balaban J connectivity index is 2.95. The lowest BCUT2D eigenvalue weighted by Gasteiger charge is -2.12. The van der Waals surface area contributed by atoms with Crippen molar-refractivity contribution >= 4 is 0 Å². The minimum Gasteiger partial charge on any atom is -0.491 e. The largest absolute Gasteiger partial charge is 0.491 e. The van der Waals surface area contributed by atoms with Gasteiger partial charge in [0.15, 0.2) is 11.6 Å². The number of para-hydroxylation sites is 1. The normalized spacial score (nSPS) is 12.6. The predicted octanol–water partition coefficient (Wildman–Crippen LogP) is 2.11. The fourth-order valence-electron chi connectivity index (χ4n) is 1.37. The van der Waals surface area contributed by atoms with Gasteiger partial charge in [-0.3, -0.25) is 0 Å². The van der Waals surface area contributed by atoms with E-state index in [1.807, 2.05) is 19.9 Å². The van der Waals surface area contributed by atoms with E-state index in [9.17, 15) is 4.39 Å². The van der Waals surface area contributed by atoms with Crippen LogP contribution in [0.15, 0.2) is 18.2 Å². The topological polar surface area (TPSA) is 35.2 Å². The number of benzene rings is 1. The zero-order valence-electron chi connectivity index (χ0n) is 8.59. The Kier molecular flexibility index (Phi) is 3.89. The van der Waals surface area contributed by atoms with Crippen molar-refractivity contribution in [3.05, 3.63) is 29.6 Å². The molecule has 1 aromatic rings. The molecule has 1 unspecified atom stereocenters. The Labute approximate surface area is 83.9 Å². The van der Waals surface area contributed by atoms with Crippen LogP contribution in [0.5, 0.6) is 5.75 Å². The van der Waals surface area contributed by atoms with Crippen molar-refractivity contribution in [1.82, 2.24) is 0 Å². The average molecular weight is 197 g/mol. The first kappa shape index (κ1) is 11.0. The lowest BCUT2D eigenvalue weighted by Crippen LogP contribution is -2.18. The SMILES string of the molecule is CCOc1c(F)cccc1CC(C)N. The van der Waals surface area contributed by atoms with Crippen LogP contribution in [0.1, 0.15) is 19.4 Å². The second kappa shape index (κ2) is 4.96. The molecule has 0 saturated carbocycles. The maximum Gasteiger partial charge on any atom is 0.165 e. The summed E-state index contributed by atoms with van der Waals surface area (Å²) in [6.07, 6.45) is 0.632. The highest BCUT2D eigenvalue weighted by molar-refractivity contribution is 5.35. The average Bonchev–Trinajstić information content (AvgIpc) is 2.10. The van der Waals surface area contributed by atoms with Gasteiger partial charge in [-0.15, -0.1) is 0 Å². The van der Waals surface area contributed by atoms with Crippen LogP contribution in [0.25, 0.3) is 0 Å². The molecule has 0 radical (unpaired) electrons. The second-order valence-electron chi connectivity index (χ2n) is 3.34. The molecule has 0 bridgehead atoms. The van der Waals surface area contributed by atoms with Crippen molar-refractivity contribution in [2.24, 2.45) is 5.73 Å². The molecular weight excluding hydrogens is 181 g/mol. The number of nitrogens with two attached hydrogens (primary N) is 1. The summed E-state index contributed by atoms with van der Waals surface area (Å²) in [5.74, 6) is 0.0253. The number of rotatable bonds is 4. The molecular formula is C11H16FNO. The lowest BCUT2D eigenvalue weighted by molar-refractivity contribution is 0.317. The van der Waals surface area contributed by atoms with Crippen LogP contribution < -0.4 is 10.5 Å². The Bertz CT molecular complexity index is 299. The smallest absolute Gasteiger partial charge is 0.165 e. The van der Waals surface area contributed by atoms with Crippen LogP contribution >= 0.6 is 0 Å². The fraction of sp³-hybridized carbons (Fsp3) is 0.455. The van der Waals surface area contributed by atoms with Crippen LogP contribution in [0, 0.1) is 5.82 Å². The molecule has 0 amide bonds. The third-order valence-electron chi connectivity index (χ3n) is 1.88. The van der Waals surface area contributed by atoms with E-state index < -0.39 is 0 Å². The zero-order valence-corrected chi connectivity index (χ0v) is 8.59. The zero-order chi connectivity index (χ0) is 10.6. The summed E-state index contributed by atoms with van der Waals surface area (Å²) in [7, 11) is 0. The fourth-order valence-corrected chi connectivity index (χ4v) is 1.37. The minimum absolute atomic E-state index is 0.0102. The van der Waals surface area contributed by atoms with Gasteiger partial charge in [0.1, 0.15) is 0 Å². The summed E-state index contributed by atoms with van der Waals surface area (Å²) in [4.78, 5) is 0. The van der Waals surface area contributed by atoms with E-state index in [0.29, 0.717) is 18.8 Å². The summed E-state index contributed by atoms with van der Waals surface area (Å²) in [5, 5.41) is 0. The highest BCUT2D eigenvalue weighted by Crippen LogP contribution is 2.23. The van der Waals surface area contributed by atoms with Crippen molar-refractivity contribution in [1.29, 1.82) is 0 Å². The van der Waals surface area contributed by atoms with Crippen molar-refractivity contribution < 1.29 is 9.13 Å². The molecule has 0 spiro atoms. The van der Waals surface area contributed by atoms with E-state index in [4.69, 9.17) is 10.5 Å². The predicted molar refractivity (Wildman–Crippen MR) is 54.9 cm³/mol. The van der Waals surface area contributed by atoms with Crippen LogP contribution in [0.3, 0.4) is 0 Å². The molecule has 14 heavy (non-hydrogen) atoms. The highest BCUT2D eigenvalue weighted by atomic mass is 19.1. The maximum atomic E-state index is 13.3. The van der Waals surface area contributed by atoms with Crippen molar-refractivity contribution in [3.63, 3.8) is 0 Å². The van der Waals surface area contributed by atoms with Gasteiger partial charge in [-0.1, -0.05) is 12.1 Å². The summed E-state index contributed by atoms with van der Waals surface area (Å²) in [6.45, 7) is 4.19. The first-order valence-corrected chi connectivity index (χ1v) is 4.81. The third-order valence-corrected chi connectivity index (χ3v) is 1.88. The molecule has 0 aliphatic heterocycles. The van der Waals surface area contributed by atoms with Gasteiger partial charge in [-0.05, 0) is 31.9 Å². The van der Waals surface area contributed by atoms with Gasteiger partial charge in [0.2, 0.25) is 0 Å². The summed E-state index contributed by atoms with van der Waals surface area (Å²) in [5.41, 5.74) is 6.50. The van der Waals surface area contributed by atoms with Crippen LogP contribution in [-0.2, 0) is 6.42 Å². The van der Waals surface area contributed by atoms with Gasteiger partial charge < -0.3 is 10.5 Å². The Morgan fingerprint density at radius 2 is 2.21 bits per heavy atom. The molecule has 3 heteroatoms. The molecule has 1 aromatic carbocycles. The Hall–Kier alpha value is -1.09. The first-order valence-electron chi connectivity index (χ1n) is 4.81. The van der Waals surface area contributed by atoms with E-state index in [1.54, 1.807) is 6.07 Å². The van der Waals surface area contributed by atoms with E-state index in [2.05, 4.69) is 0 Å². The standard InChI is InChI=1S/C11H16FNO/c1-3-14-11-9(7-8(2)13)5-4-6-10(11)12/h4-6,8H,3,7,13H2,1-2H3. The van der Waals surface area contributed by atoms with Gasteiger partial charge >= 0.3 is 0 Å². The van der Waals surface area contributed by atoms with E-state index >= 15 is 0 Å². The molecule has 0 fully saturated rings. The van der Waals surface area contributed by atoms with Crippen LogP contribution in [-0.4, -0.2) is 12.6 Å². The molecule has 0 aromatic heterocycles. The van der Waals surface area contributed by atoms with Crippen molar-refractivity contribution in [3.8, 4) is 5.75 Å². The number of halogens is 1. The van der Waals surface area contributed by atoms with E-state index in [-0.39, 0.29) is 11.9 Å². The summed E-state index contributed by atoms with van der Waals surface area (Å²) < 4.78 is 18.6. The molecule has 1 rings (SSSR count). The van der Waals surface area contributed by atoms with Crippen molar-refractivity contribution in [2.75, 3.05) is 6.61 Å². The molecule has 78 valence electrons. The van der Waals surface area contributed by atoms with E-state index in [1.165, 1.54) is 6.07 Å². The van der Waals surface area contributed by atoms with Gasteiger partial charge in [0, 0.05) is 6.04 Å². The monoisotopic (exact) mass is 197 g/mol. The summed E-state index contributed by atoms with van der Waals surface area (Å²) >= 11 is 0. The summed E-state index contributed by atoms with van der Waals surface area (Å²) in [6, 6.07) is 4.93. The van der Waals surface area contributed by atoms with E-state index in [0.717, 1.165) is 5.56 Å². The van der Waals surface area contributed by atoms with Gasteiger partial charge in [0.25, 0.3) is 0 Å². The lowest BCUT2D eigenvalue weighted by atomic mass is 10.1. The van der Waals surface area contributed by atoms with Crippen LogP contribution in [0.2, 0.25) is 0 Å². The number of hydrogen-bond donors (Lipinski definition) is 1. The molecule has 0 aliphatic rings. The minimum atomic E-state index is -0.315. The number of ether oxygens (including phenoxy) is 1. The third kappa shape index (κ3) is 2.70. The molecule has 1 atom stereocenters. The van der Waals surface area contributed by atoms with Gasteiger partial charge in [-0.25, -0.2) is 4.39 Å². The molecule has 0 heterocycles. The second-order valence-corrected chi connectivity index (χ2v) is 3.34. The van der Waals surface area contributed by atoms with Gasteiger partial charge in [-0.2, -0.15) is 0 Å². The molecule has 0 saturated heterocycles. The van der Waals surface area contributed by atoms with Crippen molar-refractivity contribution in [2.45, 2.75) is 26.3 Å². The first-order chi connectivity index (χ1) is 6.65. The quantitative estimate of drug-likeness (QED) is 0.802. The molecule has 2 nitrogen and oxygen atoms in total. The Morgan fingerprint density at radius 3 is 2.79 bits per heavy atom. The van der Waals surface area contributed by atoms with Crippen LogP contribution in [0.4, 0.5) is 4.39 Å².